The number of rotatable bonds is 2. The summed E-state index contributed by atoms with van der Waals surface area (Å²) in [6, 6.07) is 11.1. The van der Waals surface area contributed by atoms with Gasteiger partial charge < -0.3 is 19.9 Å². The molecule has 35 heavy (non-hydrogen) atoms. The first-order chi connectivity index (χ1) is 16.7. The number of alkyl halides is 3. The highest BCUT2D eigenvalue weighted by Gasteiger charge is 2.58. The molecule has 2 aliphatic rings. The van der Waals surface area contributed by atoms with Crippen LogP contribution in [0, 0.1) is 12.8 Å². The number of fused-ring (bicyclic) bond motifs is 7. The Morgan fingerprint density at radius 1 is 1.11 bits per heavy atom. The second-order valence-electron chi connectivity index (χ2n) is 8.77. The molecule has 178 valence electrons. The Morgan fingerprint density at radius 2 is 1.80 bits per heavy atom. The van der Waals surface area contributed by atoms with E-state index in [1.807, 2.05) is 12.1 Å². The molecule has 0 aliphatic carbocycles. The van der Waals surface area contributed by atoms with Gasteiger partial charge in [0.05, 0.1) is 16.7 Å². The van der Waals surface area contributed by atoms with Crippen molar-refractivity contribution in [1.29, 1.82) is 0 Å². The van der Waals surface area contributed by atoms with Crippen molar-refractivity contribution in [2.45, 2.75) is 24.9 Å². The lowest BCUT2D eigenvalue weighted by Gasteiger charge is -2.41. The summed E-state index contributed by atoms with van der Waals surface area (Å²) < 4.78 is 48.5. The van der Waals surface area contributed by atoms with E-state index < -0.39 is 35.6 Å². The van der Waals surface area contributed by atoms with Crippen LogP contribution in [0.2, 0.25) is 0 Å². The Hall–Kier alpha value is -3.92. The summed E-state index contributed by atoms with van der Waals surface area (Å²) in [7, 11) is 0. The Bertz CT molecular complexity index is 1520. The lowest BCUT2D eigenvalue weighted by Crippen LogP contribution is -2.52. The van der Waals surface area contributed by atoms with Crippen molar-refractivity contribution in [3.05, 3.63) is 71.5 Å². The van der Waals surface area contributed by atoms with Crippen molar-refractivity contribution in [2.24, 2.45) is 5.92 Å². The molecule has 3 atom stereocenters. The number of nitrogens with zero attached hydrogens (tertiary/aromatic N) is 2. The van der Waals surface area contributed by atoms with Crippen LogP contribution in [0.4, 0.5) is 18.9 Å². The summed E-state index contributed by atoms with van der Waals surface area (Å²) in [6.45, 7) is 1.42. The second kappa shape index (κ2) is 7.29. The van der Waals surface area contributed by atoms with Gasteiger partial charge in [0.15, 0.2) is 5.72 Å². The van der Waals surface area contributed by atoms with Crippen molar-refractivity contribution in [1.82, 2.24) is 9.97 Å². The fourth-order valence-electron chi connectivity index (χ4n) is 5.29. The number of aromatic nitrogens is 2. The number of hydrogen-bond acceptors (Lipinski definition) is 7. The molecule has 2 aliphatic heterocycles. The Balaban J connectivity index is 1.71. The van der Waals surface area contributed by atoms with E-state index in [4.69, 9.17) is 4.74 Å². The molecular formula is C25H18F3N3O4. The monoisotopic (exact) mass is 481 g/mol. The minimum absolute atomic E-state index is 0.308. The molecule has 1 saturated heterocycles. The van der Waals surface area contributed by atoms with Gasteiger partial charge in [0.2, 0.25) is 0 Å². The number of aryl methyl sites for hydroxylation is 1. The number of benzene rings is 2. The number of anilines is 1. The second-order valence-corrected chi connectivity index (χ2v) is 8.77. The van der Waals surface area contributed by atoms with Crippen LogP contribution in [0.15, 0.2) is 54.9 Å². The maximum Gasteiger partial charge on any atom is 0.573 e. The summed E-state index contributed by atoms with van der Waals surface area (Å²) in [4.78, 5) is 22.0. The number of hydrogen-bond donors (Lipinski definition) is 2. The maximum absolute atomic E-state index is 13.0. The number of esters is 1. The van der Waals surface area contributed by atoms with Gasteiger partial charge in [-0.15, -0.1) is 13.2 Å². The Kier molecular flexibility index (Phi) is 4.50. The van der Waals surface area contributed by atoms with Crippen LogP contribution in [0.3, 0.4) is 0 Å². The van der Waals surface area contributed by atoms with Gasteiger partial charge >= 0.3 is 12.3 Å². The first-order valence-corrected chi connectivity index (χ1v) is 10.8. The molecular weight excluding hydrogens is 463 g/mol. The predicted molar refractivity (Wildman–Crippen MR) is 120 cm³/mol. The lowest BCUT2D eigenvalue weighted by molar-refractivity contribution is -0.274. The number of cyclic esters (lactones) is 1. The average Bonchev–Trinajstić information content (AvgIpc) is 3.12. The van der Waals surface area contributed by atoms with Gasteiger partial charge in [-0.25, -0.2) is 0 Å². The largest absolute Gasteiger partial charge is 0.573 e. The van der Waals surface area contributed by atoms with E-state index in [-0.39, 0.29) is 6.61 Å². The molecule has 0 amide bonds. The van der Waals surface area contributed by atoms with Gasteiger partial charge in [0, 0.05) is 29.1 Å². The summed E-state index contributed by atoms with van der Waals surface area (Å²) in [5.74, 6) is -3.04. The van der Waals surface area contributed by atoms with E-state index in [2.05, 4.69) is 20.0 Å². The van der Waals surface area contributed by atoms with Gasteiger partial charge in [-0.05, 0) is 53.9 Å². The van der Waals surface area contributed by atoms with Crippen molar-refractivity contribution >= 4 is 33.5 Å². The van der Waals surface area contributed by atoms with Crippen LogP contribution in [-0.2, 0) is 9.53 Å². The minimum atomic E-state index is -4.88. The number of nitrogens with one attached hydrogen (secondary N) is 1. The highest BCUT2D eigenvalue weighted by Crippen LogP contribution is 2.54. The first-order valence-electron chi connectivity index (χ1n) is 10.8. The molecule has 0 spiro atoms. The van der Waals surface area contributed by atoms with E-state index in [9.17, 15) is 23.1 Å². The van der Waals surface area contributed by atoms with Crippen LogP contribution in [0.1, 0.15) is 22.6 Å². The molecule has 0 saturated carbocycles. The normalized spacial score (nSPS) is 23.5. The van der Waals surface area contributed by atoms with Crippen molar-refractivity contribution < 1.29 is 32.5 Å². The maximum atomic E-state index is 13.0. The highest BCUT2D eigenvalue weighted by molar-refractivity contribution is 6.13. The molecule has 4 aromatic rings. The van der Waals surface area contributed by atoms with Gasteiger partial charge in [0.25, 0.3) is 0 Å². The van der Waals surface area contributed by atoms with Crippen LogP contribution < -0.4 is 10.1 Å². The van der Waals surface area contributed by atoms with Gasteiger partial charge in [-0.1, -0.05) is 12.1 Å². The number of aliphatic hydroxyl groups is 1. The first kappa shape index (κ1) is 21.6. The Labute approximate surface area is 196 Å². The third kappa shape index (κ3) is 3.28. The highest BCUT2D eigenvalue weighted by atomic mass is 19.4. The summed E-state index contributed by atoms with van der Waals surface area (Å²) >= 11 is 0. The fraction of sp³-hybridized carbons (Fsp3) is 0.240. The van der Waals surface area contributed by atoms with Crippen LogP contribution in [0.25, 0.3) is 21.8 Å². The summed E-state index contributed by atoms with van der Waals surface area (Å²) in [6.07, 6.45) is -1.63. The topological polar surface area (TPSA) is 93.6 Å². The predicted octanol–water partition coefficient (Wildman–Crippen LogP) is 4.41. The molecule has 4 heterocycles. The third-order valence-electron chi connectivity index (χ3n) is 6.68. The van der Waals surface area contributed by atoms with E-state index in [1.165, 1.54) is 18.2 Å². The molecule has 10 heteroatoms. The minimum Gasteiger partial charge on any atom is -0.460 e. The SMILES string of the molecule is Cc1ccc(OC(F)(F)F)cc1[C@@H]1c2c(c3cccnc3c3ncccc23)N[C@@]2(O)COC(=O)[C@H]12. The average molecular weight is 481 g/mol. The Morgan fingerprint density at radius 3 is 2.51 bits per heavy atom. The molecule has 2 aromatic heterocycles. The van der Waals surface area contributed by atoms with E-state index in [1.54, 1.807) is 31.5 Å². The molecule has 6 rings (SSSR count). The van der Waals surface area contributed by atoms with Crippen LogP contribution >= 0.6 is 0 Å². The van der Waals surface area contributed by atoms with E-state index in [0.29, 0.717) is 44.2 Å². The molecule has 2 aromatic carbocycles. The van der Waals surface area contributed by atoms with Crippen molar-refractivity contribution in [2.75, 3.05) is 11.9 Å². The van der Waals surface area contributed by atoms with Gasteiger partial charge in [-0.3, -0.25) is 14.8 Å². The number of ether oxygens (including phenoxy) is 2. The van der Waals surface area contributed by atoms with Gasteiger partial charge in [0.1, 0.15) is 18.3 Å². The van der Waals surface area contributed by atoms with Crippen molar-refractivity contribution in [3.63, 3.8) is 0 Å². The third-order valence-corrected chi connectivity index (χ3v) is 6.68. The number of carbonyl (C=O) groups excluding carboxylic acids is 1. The standard InChI is InChI=1S/C25H18F3N3O4/c1-12-6-7-13(35-25(26,27)28)10-16(12)17-18-14-4-2-8-29-21(14)22-15(5-3-9-30-22)20(18)31-24(33)11-34-23(32)19(17)24/h2-10,17,19,31,33H,11H2,1H3/t17-,19+,24-/m1/s1. The molecule has 0 radical (unpaired) electrons. The molecule has 0 bridgehead atoms. The van der Waals surface area contributed by atoms with E-state index >= 15 is 0 Å². The summed E-state index contributed by atoms with van der Waals surface area (Å²) in [5.41, 5.74) is 1.57. The zero-order chi connectivity index (χ0) is 24.5. The quantitative estimate of drug-likeness (QED) is 0.324. The fourth-order valence-corrected chi connectivity index (χ4v) is 5.29. The lowest BCUT2D eigenvalue weighted by atomic mass is 9.70. The van der Waals surface area contributed by atoms with Crippen LogP contribution in [-0.4, -0.2) is 39.7 Å². The molecule has 0 unspecified atom stereocenters. The molecule has 2 N–H and O–H groups in total. The molecule has 7 nitrogen and oxygen atoms in total. The van der Waals surface area contributed by atoms with E-state index in [0.717, 1.165) is 0 Å². The zero-order valence-corrected chi connectivity index (χ0v) is 18.3. The molecule has 1 fully saturated rings. The van der Waals surface area contributed by atoms with Crippen LogP contribution in [0.5, 0.6) is 5.75 Å². The van der Waals surface area contributed by atoms with Gasteiger partial charge in [-0.2, -0.15) is 0 Å². The number of carbonyl (C=O) groups is 1. The summed E-state index contributed by atoms with van der Waals surface area (Å²) in [5, 5.41) is 16.0. The van der Waals surface area contributed by atoms with Crippen molar-refractivity contribution in [3.8, 4) is 5.75 Å². The smallest absolute Gasteiger partial charge is 0.460 e. The number of halogens is 3. The number of pyridine rings is 2. The zero-order valence-electron chi connectivity index (χ0n) is 18.3.